The van der Waals surface area contributed by atoms with Crippen LogP contribution in [0.3, 0.4) is 0 Å². The lowest BCUT2D eigenvalue weighted by molar-refractivity contribution is 0.126. The summed E-state index contributed by atoms with van der Waals surface area (Å²) in [6.07, 6.45) is -0.182. The van der Waals surface area contributed by atoms with Crippen molar-refractivity contribution < 1.29 is 9.84 Å². The molecule has 5 nitrogen and oxygen atoms in total. The van der Waals surface area contributed by atoms with E-state index in [0.717, 1.165) is 14.9 Å². The van der Waals surface area contributed by atoms with Gasteiger partial charge in [0.2, 0.25) is 0 Å². The van der Waals surface area contributed by atoms with E-state index in [9.17, 15) is 5.11 Å². The highest BCUT2D eigenvalue weighted by molar-refractivity contribution is 8.01. The van der Waals surface area contributed by atoms with E-state index in [1.54, 1.807) is 12.1 Å². The summed E-state index contributed by atoms with van der Waals surface area (Å²) < 4.78 is 6.37. The Morgan fingerprint density at radius 2 is 2.14 bits per heavy atom. The van der Waals surface area contributed by atoms with Crippen LogP contribution in [-0.4, -0.2) is 33.8 Å². The Morgan fingerprint density at radius 3 is 2.76 bits per heavy atom. The third kappa shape index (κ3) is 5.34. The van der Waals surface area contributed by atoms with Crippen LogP contribution in [0.5, 0.6) is 5.75 Å². The van der Waals surface area contributed by atoms with Crippen molar-refractivity contribution in [3.63, 3.8) is 0 Å². The molecule has 0 saturated carbocycles. The van der Waals surface area contributed by atoms with E-state index in [-0.39, 0.29) is 6.61 Å². The van der Waals surface area contributed by atoms with Gasteiger partial charge in [0.05, 0.1) is 18.6 Å². The minimum atomic E-state index is -0.571. The summed E-state index contributed by atoms with van der Waals surface area (Å²) in [7, 11) is 0. The third-order valence-electron chi connectivity index (χ3n) is 2.56. The smallest absolute Gasteiger partial charge is 0.174 e. The van der Waals surface area contributed by atoms with E-state index in [0.29, 0.717) is 17.9 Å². The van der Waals surface area contributed by atoms with Gasteiger partial charge in [0.1, 0.15) is 17.4 Å². The second-order valence-electron chi connectivity index (χ2n) is 4.34. The molecule has 0 fully saturated rings. The SMILES string of the molecule is Cc1nnc(SCC(O)COc2ccc(CC#N)cc2)s1. The van der Waals surface area contributed by atoms with Gasteiger partial charge in [-0.3, -0.25) is 0 Å². The minimum Gasteiger partial charge on any atom is -0.491 e. The summed E-state index contributed by atoms with van der Waals surface area (Å²) in [5, 5.41) is 27.3. The van der Waals surface area contributed by atoms with Crippen LogP contribution in [-0.2, 0) is 6.42 Å². The Balaban J connectivity index is 1.73. The van der Waals surface area contributed by atoms with Crippen LogP contribution in [0.25, 0.3) is 0 Å². The summed E-state index contributed by atoms with van der Waals surface area (Å²) in [6.45, 7) is 2.12. The van der Waals surface area contributed by atoms with E-state index in [2.05, 4.69) is 16.3 Å². The summed E-state index contributed by atoms with van der Waals surface area (Å²) in [6, 6.07) is 9.41. The molecule has 1 N–H and O–H groups in total. The van der Waals surface area contributed by atoms with E-state index >= 15 is 0 Å². The Bertz CT molecular complexity index is 607. The summed E-state index contributed by atoms with van der Waals surface area (Å²) >= 11 is 2.99. The molecule has 0 bridgehead atoms. The fraction of sp³-hybridized carbons (Fsp3) is 0.357. The first-order valence-electron chi connectivity index (χ1n) is 6.37. The van der Waals surface area contributed by atoms with Gasteiger partial charge in [-0.25, -0.2) is 0 Å². The first-order chi connectivity index (χ1) is 10.2. The molecule has 1 unspecified atom stereocenters. The van der Waals surface area contributed by atoms with E-state index in [1.807, 2.05) is 19.1 Å². The maximum atomic E-state index is 9.88. The van der Waals surface area contributed by atoms with Crippen molar-refractivity contribution in [1.29, 1.82) is 5.26 Å². The van der Waals surface area contributed by atoms with Crippen molar-refractivity contribution in [3.05, 3.63) is 34.8 Å². The Morgan fingerprint density at radius 1 is 1.38 bits per heavy atom. The first kappa shape index (κ1) is 15.8. The van der Waals surface area contributed by atoms with Gasteiger partial charge >= 0.3 is 0 Å². The molecule has 0 aliphatic carbocycles. The number of ether oxygens (including phenoxy) is 1. The highest BCUT2D eigenvalue weighted by Crippen LogP contribution is 2.22. The molecule has 110 valence electrons. The number of hydrogen-bond donors (Lipinski definition) is 1. The lowest BCUT2D eigenvalue weighted by Gasteiger charge is -2.11. The molecular weight excluding hydrogens is 306 g/mol. The molecule has 2 aromatic rings. The molecule has 0 saturated heterocycles. The molecule has 7 heteroatoms. The van der Waals surface area contributed by atoms with Crippen LogP contribution in [0, 0.1) is 18.3 Å². The molecule has 1 heterocycles. The zero-order valence-corrected chi connectivity index (χ0v) is 13.2. The number of thioether (sulfide) groups is 1. The number of nitrogens with zero attached hydrogens (tertiary/aromatic N) is 3. The lowest BCUT2D eigenvalue weighted by Crippen LogP contribution is -2.20. The van der Waals surface area contributed by atoms with Gasteiger partial charge in [-0.05, 0) is 24.6 Å². The molecule has 0 radical (unpaired) electrons. The zero-order valence-electron chi connectivity index (χ0n) is 11.5. The average molecular weight is 321 g/mol. The van der Waals surface area contributed by atoms with Crippen molar-refractivity contribution in [2.75, 3.05) is 12.4 Å². The van der Waals surface area contributed by atoms with Crippen LogP contribution < -0.4 is 4.74 Å². The number of aliphatic hydroxyl groups is 1. The molecular formula is C14H15N3O2S2. The average Bonchev–Trinajstić information content (AvgIpc) is 2.90. The maximum Gasteiger partial charge on any atom is 0.174 e. The molecule has 21 heavy (non-hydrogen) atoms. The Hall–Kier alpha value is -1.62. The number of aromatic nitrogens is 2. The predicted octanol–water partition coefficient (Wildman–Crippen LogP) is 2.44. The lowest BCUT2D eigenvalue weighted by atomic mass is 10.2. The first-order valence-corrected chi connectivity index (χ1v) is 8.17. The van der Waals surface area contributed by atoms with Crippen molar-refractivity contribution in [3.8, 4) is 11.8 Å². The standard InChI is InChI=1S/C14H15N3O2S2/c1-10-16-17-14(21-10)20-9-12(18)8-19-13-4-2-11(3-5-13)6-7-15/h2-5,12,18H,6,8-9H2,1H3. The summed E-state index contributed by atoms with van der Waals surface area (Å²) in [5.41, 5.74) is 0.951. The van der Waals surface area contributed by atoms with Crippen LogP contribution in [0.15, 0.2) is 28.6 Å². The van der Waals surface area contributed by atoms with Gasteiger partial charge in [0, 0.05) is 5.75 Å². The highest BCUT2D eigenvalue weighted by atomic mass is 32.2. The summed E-state index contributed by atoms with van der Waals surface area (Å²) in [5.74, 6) is 1.20. The van der Waals surface area contributed by atoms with Crippen molar-refractivity contribution >= 4 is 23.1 Å². The van der Waals surface area contributed by atoms with Gasteiger partial charge in [-0.2, -0.15) is 5.26 Å². The fourth-order valence-electron chi connectivity index (χ4n) is 1.54. The number of rotatable bonds is 7. The predicted molar refractivity (Wildman–Crippen MR) is 82.6 cm³/mol. The van der Waals surface area contributed by atoms with E-state index in [4.69, 9.17) is 10.00 Å². The summed E-state index contributed by atoms with van der Waals surface area (Å²) in [4.78, 5) is 0. The van der Waals surface area contributed by atoms with Crippen LogP contribution in [0.1, 0.15) is 10.6 Å². The molecule has 2 rings (SSSR count). The number of aryl methyl sites for hydroxylation is 1. The number of aliphatic hydroxyl groups excluding tert-OH is 1. The molecule has 1 aromatic heterocycles. The van der Waals surface area contributed by atoms with Gasteiger partial charge in [0.25, 0.3) is 0 Å². The molecule has 1 aromatic carbocycles. The van der Waals surface area contributed by atoms with E-state index in [1.165, 1.54) is 23.1 Å². The molecule has 1 atom stereocenters. The van der Waals surface area contributed by atoms with E-state index < -0.39 is 6.10 Å². The quantitative estimate of drug-likeness (QED) is 0.789. The molecule has 0 aliphatic rings. The number of nitriles is 1. The number of hydrogen-bond acceptors (Lipinski definition) is 7. The largest absolute Gasteiger partial charge is 0.491 e. The maximum absolute atomic E-state index is 9.88. The second kappa shape index (κ2) is 7.98. The van der Waals surface area contributed by atoms with Crippen LogP contribution in [0.4, 0.5) is 0 Å². The monoisotopic (exact) mass is 321 g/mol. The van der Waals surface area contributed by atoms with Crippen molar-refractivity contribution in [2.45, 2.75) is 23.8 Å². The van der Waals surface area contributed by atoms with Gasteiger partial charge in [-0.15, -0.1) is 10.2 Å². The van der Waals surface area contributed by atoms with Crippen molar-refractivity contribution in [2.24, 2.45) is 0 Å². The Kier molecular flexibility index (Phi) is 5.99. The minimum absolute atomic E-state index is 0.225. The van der Waals surface area contributed by atoms with Crippen LogP contribution >= 0.6 is 23.1 Å². The normalized spacial score (nSPS) is 11.9. The highest BCUT2D eigenvalue weighted by Gasteiger charge is 2.09. The zero-order chi connectivity index (χ0) is 15.1. The second-order valence-corrected chi connectivity index (χ2v) is 6.79. The third-order valence-corrected chi connectivity index (χ3v) is 4.67. The van der Waals surface area contributed by atoms with Crippen LogP contribution in [0.2, 0.25) is 0 Å². The van der Waals surface area contributed by atoms with Gasteiger partial charge in [-0.1, -0.05) is 35.2 Å². The molecule has 0 spiro atoms. The number of benzene rings is 1. The fourth-order valence-corrected chi connectivity index (χ4v) is 3.29. The van der Waals surface area contributed by atoms with Crippen molar-refractivity contribution in [1.82, 2.24) is 10.2 Å². The molecule has 0 amide bonds. The van der Waals surface area contributed by atoms with Gasteiger partial charge in [0.15, 0.2) is 4.34 Å². The topological polar surface area (TPSA) is 79.0 Å². The molecule has 0 aliphatic heterocycles. The van der Waals surface area contributed by atoms with Gasteiger partial charge < -0.3 is 9.84 Å². The Labute approximate surface area is 131 Å².